The first-order chi connectivity index (χ1) is 13.4. The normalized spacial score (nSPS) is 12.5. The van der Waals surface area contributed by atoms with Crippen LogP contribution in [0.4, 0.5) is 0 Å². The van der Waals surface area contributed by atoms with Gasteiger partial charge in [0.05, 0.1) is 17.7 Å². The number of aromatic amines is 1. The van der Waals surface area contributed by atoms with Gasteiger partial charge in [-0.3, -0.25) is 0 Å². The van der Waals surface area contributed by atoms with Crippen LogP contribution in [0.25, 0.3) is 11.3 Å². The molecule has 0 saturated heterocycles. The highest BCUT2D eigenvalue weighted by atomic mass is 32.2. The lowest BCUT2D eigenvalue weighted by Gasteiger charge is -2.16. The summed E-state index contributed by atoms with van der Waals surface area (Å²) >= 11 is 0. The largest absolute Gasteiger partial charge is 0.488 e. The predicted molar refractivity (Wildman–Crippen MR) is 107 cm³/mol. The van der Waals surface area contributed by atoms with Crippen molar-refractivity contribution in [3.05, 3.63) is 60.8 Å². The SMILES string of the molecule is COC[C@H](C)Oc1ccc(-c2cc[c][nH]2)c(Oc2ccc(S(C)(=O)=O)cc2)c1. The molecule has 0 bridgehead atoms. The molecule has 1 radical (unpaired) electrons. The van der Waals surface area contributed by atoms with E-state index in [1.54, 1.807) is 31.4 Å². The average molecular weight is 400 g/mol. The second kappa shape index (κ2) is 8.50. The van der Waals surface area contributed by atoms with Gasteiger partial charge in [-0.15, -0.1) is 0 Å². The molecule has 147 valence electrons. The third-order valence-electron chi connectivity index (χ3n) is 4.00. The fourth-order valence-electron chi connectivity index (χ4n) is 2.71. The molecule has 1 atom stereocenters. The molecule has 7 heteroatoms. The van der Waals surface area contributed by atoms with E-state index in [0.29, 0.717) is 23.9 Å². The molecule has 0 aliphatic carbocycles. The Hall–Kier alpha value is -2.77. The number of benzene rings is 2. The predicted octanol–water partition coefficient (Wildman–Crippen LogP) is 4.09. The molecule has 3 aromatic rings. The van der Waals surface area contributed by atoms with Crippen LogP contribution < -0.4 is 9.47 Å². The maximum absolute atomic E-state index is 11.6. The van der Waals surface area contributed by atoms with Crippen molar-refractivity contribution in [2.24, 2.45) is 0 Å². The molecule has 1 aromatic heterocycles. The number of H-pyrrole nitrogens is 1. The maximum Gasteiger partial charge on any atom is 0.175 e. The van der Waals surface area contributed by atoms with E-state index in [4.69, 9.17) is 14.2 Å². The van der Waals surface area contributed by atoms with Gasteiger partial charge in [-0.2, -0.15) is 0 Å². The molecule has 0 saturated carbocycles. The molecule has 0 fully saturated rings. The van der Waals surface area contributed by atoms with Crippen molar-refractivity contribution in [1.29, 1.82) is 0 Å². The fourth-order valence-corrected chi connectivity index (χ4v) is 3.34. The Bertz CT molecular complexity index is 1010. The van der Waals surface area contributed by atoms with E-state index < -0.39 is 9.84 Å². The van der Waals surface area contributed by atoms with E-state index in [-0.39, 0.29) is 11.0 Å². The van der Waals surface area contributed by atoms with Crippen LogP contribution >= 0.6 is 0 Å². The molecular formula is C21H22NO5S. The van der Waals surface area contributed by atoms with Crippen LogP contribution in [0.3, 0.4) is 0 Å². The topological polar surface area (TPSA) is 77.6 Å². The summed E-state index contributed by atoms with van der Waals surface area (Å²) in [4.78, 5) is 3.28. The molecule has 1 heterocycles. The van der Waals surface area contributed by atoms with Gasteiger partial charge in [0.1, 0.15) is 23.4 Å². The highest BCUT2D eigenvalue weighted by Crippen LogP contribution is 2.36. The van der Waals surface area contributed by atoms with E-state index in [1.807, 2.05) is 25.1 Å². The zero-order valence-electron chi connectivity index (χ0n) is 15.9. The van der Waals surface area contributed by atoms with Crippen molar-refractivity contribution in [2.75, 3.05) is 20.0 Å². The monoisotopic (exact) mass is 400 g/mol. The van der Waals surface area contributed by atoms with E-state index in [2.05, 4.69) is 11.2 Å². The Morgan fingerprint density at radius 3 is 2.39 bits per heavy atom. The maximum atomic E-state index is 11.6. The number of hydrogen-bond acceptors (Lipinski definition) is 5. The summed E-state index contributed by atoms with van der Waals surface area (Å²) in [5.74, 6) is 1.74. The standard InChI is InChI=1S/C21H22NO5S/c1-15(14-25-2)26-17-8-11-19(20-5-4-12-22-20)21(13-17)27-16-6-9-18(10-7-16)28(3,23)24/h4-11,13,15,22H,14H2,1-3H3/t15-/m0/s1. The third kappa shape index (κ3) is 4.94. The van der Waals surface area contributed by atoms with Gasteiger partial charge < -0.3 is 19.2 Å². The minimum absolute atomic E-state index is 0.114. The molecule has 3 rings (SSSR count). The van der Waals surface area contributed by atoms with Crippen molar-refractivity contribution in [3.63, 3.8) is 0 Å². The molecule has 2 aromatic carbocycles. The number of methoxy groups -OCH3 is 1. The van der Waals surface area contributed by atoms with Crippen molar-refractivity contribution in [3.8, 4) is 28.5 Å². The van der Waals surface area contributed by atoms with E-state index in [0.717, 1.165) is 11.3 Å². The molecule has 0 aliphatic heterocycles. The first-order valence-electron chi connectivity index (χ1n) is 8.70. The van der Waals surface area contributed by atoms with Crippen molar-refractivity contribution >= 4 is 9.84 Å². The summed E-state index contributed by atoms with van der Waals surface area (Å²) in [6.07, 6.45) is 3.97. The molecular weight excluding hydrogens is 378 g/mol. The summed E-state index contributed by atoms with van der Waals surface area (Å²) in [5.41, 5.74) is 1.68. The first-order valence-corrected chi connectivity index (χ1v) is 10.6. The van der Waals surface area contributed by atoms with Gasteiger partial charge in [0.2, 0.25) is 0 Å². The molecule has 6 nitrogen and oxygen atoms in total. The van der Waals surface area contributed by atoms with E-state index in [9.17, 15) is 8.42 Å². The van der Waals surface area contributed by atoms with Crippen LogP contribution in [-0.4, -0.2) is 39.5 Å². The lowest BCUT2D eigenvalue weighted by atomic mass is 10.1. The first kappa shape index (κ1) is 20.0. The van der Waals surface area contributed by atoms with E-state index in [1.165, 1.54) is 18.4 Å². The van der Waals surface area contributed by atoms with Gasteiger partial charge in [-0.05, 0) is 55.5 Å². The molecule has 0 spiro atoms. The molecule has 0 amide bonds. The van der Waals surface area contributed by atoms with Crippen molar-refractivity contribution in [2.45, 2.75) is 17.9 Å². The molecule has 28 heavy (non-hydrogen) atoms. The molecule has 1 N–H and O–H groups in total. The molecule has 0 aliphatic rings. The number of aromatic nitrogens is 1. The van der Waals surface area contributed by atoms with Crippen molar-refractivity contribution in [1.82, 2.24) is 4.98 Å². The third-order valence-corrected chi connectivity index (χ3v) is 5.13. The van der Waals surface area contributed by atoms with Gasteiger partial charge in [-0.25, -0.2) is 8.42 Å². The Kier molecular flexibility index (Phi) is 6.06. The second-order valence-electron chi connectivity index (χ2n) is 6.40. The number of rotatable bonds is 8. The highest BCUT2D eigenvalue weighted by molar-refractivity contribution is 7.90. The Morgan fingerprint density at radius 2 is 1.79 bits per heavy atom. The molecule has 0 unspecified atom stereocenters. The van der Waals surface area contributed by atoms with Crippen LogP contribution in [0.15, 0.2) is 59.5 Å². The summed E-state index contributed by atoms with van der Waals surface area (Å²) in [6.45, 7) is 2.39. The van der Waals surface area contributed by atoms with Gasteiger partial charge >= 0.3 is 0 Å². The Labute approximate surface area is 165 Å². The second-order valence-corrected chi connectivity index (χ2v) is 8.42. The minimum atomic E-state index is -3.26. The van der Waals surface area contributed by atoms with Crippen LogP contribution in [0.2, 0.25) is 0 Å². The Morgan fingerprint density at radius 1 is 1.07 bits per heavy atom. The van der Waals surface area contributed by atoms with Gasteiger partial charge in [0, 0.05) is 30.7 Å². The number of ether oxygens (including phenoxy) is 3. The number of hydrogen-bond donors (Lipinski definition) is 1. The van der Waals surface area contributed by atoms with Crippen LogP contribution in [-0.2, 0) is 14.6 Å². The summed E-state index contributed by atoms with van der Waals surface area (Å²) < 4.78 is 40.3. The number of sulfone groups is 1. The average Bonchev–Trinajstić information content (AvgIpc) is 3.16. The fraction of sp³-hybridized carbons (Fsp3) is 0.238. The highest BCUT2D eigenvalue weighted by Gasteiger charge is 2.13. The summed E-state index contributed by atoms with van der Waals surface area (Å²) in [6, 6.07) is 15.5. The summed E-state index contributed by atoms with van der Waals surface area (Å²) in [7, 11) is -1.63. The van der Waals surface area contributed by atoms with Crippen LogP contribution in [0.5, 0.6) is 17.2 Å². The Balaban J connectivity index is 1.92. The van der Waals surface area contributed by atoms with E-state index >= 15 is 0 Å². The van der Waals surface area contributed by atoms with Gasteiger partial charge in [-0.1, -0.05) is 0 Å². The zero-order chi connectivity index (χ0) is 20.1. The van der Waals surface area contributed by atoms with Gasteiger partial charge in [0.15, 0.2) is 9.84 Å². The van der Waals surface area contributed by atoms with Crippen LogP contribution in [0, 0.1) is 6.20 Å². The zero-order valence-corrected chi connectivity index (χ0v) is 16.7. The lowest BCUT2D eigenvalue weighted by molar-refractivity contribution is 0.0919. The van der Waals surface area contributed by atoms with Crippen LogP contribution in [0.1, 0.15) is 6.92 Å². The number of nitrogens with one attached hydrogen (secondary N) is 1. The summed E-state index contributed by atoms with van der Waals surface area (Å²) in [5, 5.41) is 0. The smallest absolute Gasteiger partial charge is 0.175 e. The van der Waals surface area contributed by atoms with Crippen molar-refractivity contribution < 1.29 is 22.6 Å². The minimum Gasteiger partial charge on any atom is -0.488 e. The lowest BCUT2D eigenvalue weighted by Crippen LogP contribution is -2.17. The quantitative estimate of drug-likeness (QED) is 0.616. The van der Waals surface area contributed by atoms with Gasteiger partial charge in [0.25, 0.3) is 0 Å².